The quantitative estimate of drug-likeness (QED) is 0.354. The lowest BCUT2D eigenvalue weighted by Gasteiger charge is -2.01. The molecule has 2 N–H and O–H groups in total. The molecule has 0 aliphatic heterocycles. The molecule has 2 aromatic carbocycles. The van der Waals surface area contributed by atoms with Crippen LogP contribution >= 0.6 is 0 Å². The van der Waals surface area contributed by atoms with Crippen LogP contribution in [0.15, 0.2) is 81.4 Å². The highest BCUT2D eigenvalue weighted by molar-refractivity contribution is 7.83. The Morgan fingerprint density at radius 1 is 0.697 bits per heavy atom. The summed E-state index contributed by atoms with van der Waals surface area (Å²) < 4.78 is 33.3. The molecule has 0 aliphatic carbocycles. The summed E-state index contributed by atoms with van der Waals surface area (Å²) in [7, 11) is 1.06. The average molecular weight is 492 g/mol. The second-order valence-electron chi connectivity index (χ2n) is 5.45. The smallest absolute Gasteiger partial charge is 0.135 e. The fourth-order valence-electron chi connectivity index (χ4n) is 2.46. The number of rotatable bonds is 4. The zero-order valence-electron chi connectivity index (χ0n) is 20.8. The third-order valence-corrected chi connectivity index (χ3v) is 5.94. The van der Waals surface area contributed by atoms with Crippen molar-refractivity contribution in [3.05, 3.63) is 67.2 Å². The molecule has 0 radical (unpaired) electrons. The van der Waals surface area contributed by atoms with E-state index in [1.807, 2.05) is 84.0 Å². The highest BCUT2D eigenvalue weighted by atomic mass is 32.2. The molecule has 0 saturated carbocycles. The summed E-state index contributed by atoms with van der Waals surface area (Å²) in [4.78, 5) is 5.52. The van der Waals surface area contributed by atoms with Crippen LogP contribution < -0.4 is 9.44 Å². The van der Waals surface area contributed by atoms with E-state index in [-0.39, 0.29) is 0 Å². The van der Waals surface area contributed by atoms with Crippen molar-refractivity contribution in [2.75, 3.05) is 14.1 Å². The van der Waals surface area contributed by atoms with Crippen LogP contribution in [0.4, 0.5) is 0 Å². The summed E-state index contributed by atoms with van der Waals surface area (Å²) >= 11 is 0. The van der Waals surface area contributed by atoms with E-state index in [4.69, 9.17) is 4.42 Å². The maximum absolute atomic E-state index is 11.4. The van der Waals surface area contributed by atoms with Gasteiger partial charge < -0.3 is 4.42 Å². The zero-order valence-corrected chi connectivity index (χ0v) is 22.5. The summed E-state index contributed by atoms with van der Waals surface area (Å²) in [5.41, 5.74) is 0.765. The molecule has 0 fully saturated rings. The maximum atomic E-state index is 11.4. The van der Waals surface area contributed by atoms with E-state index >= 15 is 0 Å². The molecule has 4 aromatic rings. The van der Waals surface area contributed by atoms with Crippen molar-refractivity contribution >= 4 is 43.7 Å². The van der Waals surface area contributed by atoms with Crippen molar-refractivity contribution in [2.45, 2.75) is 51.3 Å². The Kier molecular flexibility index (Phi) is 16.8. The van der Waals surface area contributed by atoms with Crippen molar-refractivity contribution in [1.29, 1.82) is 0 Å². The zero-order chi connectivity index (χ0) is 25.2. The van der Waals surface area contributed by atoms with Gasteiger partial charge in [0.25, 0.3) is 0 Å². The van der Waals surface area contributed by atoms with Gasteiger partial charge in [-0.3, -0.25) is 4.98 Å². The van der Waals surface area contributed by atoms with Crippen LogP contribution in [-0.4, -0.2) is 27.5 Å². The monoisotopic (exact) mass is 491 g/mol. The van der Waals surface area contributed by atoms with E-state index in [9.17, 15) is 8.42 Å². The van der Waals surface area contributed by atoms with Crippen molar-refractivity contribution < 1.29 is 12.8 Å². The van der Waals surface area contributed by atoms with Crippen LogP contribution in [0.25, 0.3) is 21.7 Å². The number of furan rings is 1. The number of hydrogen-bond donors (Lipinski definition) is 2. The Morgan fingerprint density at radius 2 is 1.24 bits per heavy atom. The van der Waals surface area contributed by atoms with Crippen LogP contribution in [0.2, 0.25) is 0 Å². The predicted molar refractivity (Wildman–Crippen MR) is 143 cm³/mol. The van der Waals surface area contributed by atoms with Gasteiger partial charge in [0.05, 0.1) is 16.1 Å². The number of aromatic nitrogens is 1. The molecule has 0 bridgehead atoms. The first-order valence-electron chi connectivity index (χ1n) is 11.1. The molecule has 0 spiro atoms. The lowest BCUT2D eigenvalue weighted by molar-refractivity contribution is 0.614. The van der Waals surface area contributed by atoms with E-state index in [2.05, 4.69) is 14.4 Å². The molecule has 8 heteroatoms. The van der Waals surface area contributed by atoms with E-state index in [1.54, 1.807) is 38.8 Å². The fourth-order valence-corrected chi connectivity index (χ4v) is 3.77. The number of nitrogens with zero attached hydrogens (tertiary/aromatic N) is 1. The van der Waals surface area contributed by atoms with Crippen molar-refractivity contribution in [1.82, 2.24) is 14.4 Å². The van der Waals surface area contributed by atoms with Crippen molar-refractivity contribution in [3.63, 3.8) is 0 Å². The molecular formula is C25H37N3O3S2. The summed E-state index contributed by atoms with van der Waals surface area (Å²) in [5.74, 6) is 0. The molecule has 6 nitrogen and oxygen atoms in total. The largest absolute Gasteiger partial charge is 0.464 e. The van der Waals surface area contributed by atoms with Gasteiger partial charge in [0.15, 0.2) is 0 Å². The van der Waals surface area contributed by atoms with Crippen molar-refractivity contribution in [2.24, 2.45) is 0 Å². The van der Waals surface area contributed by atoms with Crippen LogP contribution in [0.1, 0.15) is 41.5 Å². The molecule has 0 saturated heterocycles. The Hall–Kier alpha value is -2.39. The maximum Gasteiger partial charge on any atom is 0.135 e. The molecule has 4 rings (SSSR count). The minimum Gasteiger partial charge on any atom is -0.464 e. The van der Waals surface area contributed by atoms with Gasteiger partial charge in [0.1, 0.15) is 27.6 Å². The Bertz CT molecular complexity index is 1110. The Balaban J connectivity index is 0.000000508. The molecule has 0 aliphatic rings. The highest BCUT2D eigenvalue weighted by Gasteiger charge is 2.03. The Morgan fingerprint density at radius 3 is 1.82 bits per heavy atom. The van der Waals surface area contributed by atoms with E-state index < -0.39 is 22.0 Å². The first kappa shape index (κ1) is 30.6. The van der Waals surface area contributed by atoms with Crippen LogP contribution in [0.5, 0.6) is 0 Å². The molecule has 0 amide bonds. The van der Waals surface area contributed by atoms with E-state index in [0.29, 0.717) is 0 Å². The number of fused-ring (bicyclic) bond motifs is 2. The number of benzene rings is 2. The van der Waals surface area contributed by atoms with Gasteiger partial charge >= 0.3 is 0 Å². The van der Waals surface area contributed by atoms with Gasteiger partial charge in [-0.2, -0.15) is 0 Å². The van der Waals surface area contributed by atoms with Gasteiger partial charge in [0.2, 0.25) is 0 Å². The molecule has 33 heavy (non-hydrogen) atoms. The fraction of sp³-hybridized carbons (Fsp3) is 0.320. The number of pyridine rings is 1. The number of nitrogens with one attached hydrogen (secondary N) is 2. The average Bonchev–Trinajstić information content (AvgIpc) is 3.39. The highest BCUT2D eigenvalue weighted by Crippen LogP contribution is 2.18. The molecule has 182 valence electrons. The van der Waals surface area contributed by atoms with Gasteiger partial charge in [-0.05, 0) is 61.9 Å². The minimum absolute atomic E-state index is 0.727. The summed E-state index contributed by atoms with van der Waals surface area (Å²) in [6.07, 6.45) is 5.14. The predicted octanol–water partition coefficient (Wildman–Crippen LogP) is 6.23. The topological polar surface area (TPSA) is 84.2 Å². The standard InChI is InChI=1S/C10H10N2OS.C9H9NO2S.3C2H6/c1-11-14(13)10-3-2-8-4-5-12-7-9(8)6-10;1-10-13(11)8-3-2-7-4-5-12-9(7)6-8;3*1-2/h2-7,11H,1H3;2-6,10H,1H3;3*1-2H3. The van der Waals surface area contributed by atoms with E-state index in [0.717, 1.165) is 31.5 Å². The molecule has 2 unspecified atom stereocenters. The van der Waals surface area contributed by atoms with Crippen molar-refractivity contribution in [3.8, 4) is 0 Å². The third-order valence-electron chi connectivity index (χ3n) is 3.84. The lowest BCUT2D eigenvalue weighted by Crippen LogP contribution is -2.10. The summed E-state index contributed by atoms with van der Waals surface area (Å²) in [5, 5.41) is 3.14. The summed E-state index contributed by atoms with van der Waals surface area (Å²) in [6.45, 7) is 12.0. The van der Waals surface area contributed by atoms with Gasteiger partial charge in [-0.25, -0.2) is 17.9 Å². The second-order valence-corrected chi connectivity index (χ2v) is 8.28. The molecular weight excluding hydrogens is 454 g/mol. The van der Waals surface area contributed by atoms with Gasteiger partial charge in [-0.15, -0.1) is 0 Å². The van der Waals surface area contributed by atoms with E-state index in [1.165, 1.54) is 0 Å². The second kappa shape index (κ2) is 18.1. The third kappa shape index (κ3) is 9.55. The van der Waals surface area contributed by atoms with Gasteiger partial charge in [-0.1, -0.05) is 47.6 Å². The lowest BCUT2D eigenvalue weighted by atomic mass is 10.2. The first-order chi connectivity index (χ1) is 16.1. The molecule has 2 heterocycles. The van der Waals surface area contributed by atoms with Crippen LogP contribution in [0, 0.1) is 0 Å². The summed E-state index contributed by atoms with van der Waals surface area (Å²) in [6, 6.07) is 15.0. The number of hydrogen-bond acceptors (Lipinski definition) is 4. The normalized spacial score (nSPS) is 11.3. The SMILES string of the molecule is CC.CC.CC.CNS(=O)c1ccc2ccncc2c1.CNS(=O)c1ccc2ccoc2c1. The molecule has 2 atom stereocenters. The van der Waals surface area contributed by atoms with Crippen LogP contribution in [0.3, 0.4) is 0 Å². The van der Waals surface area contributed by atoms with Crippen LogP contribution in [-0.2, 0) is 22.0 Å². The van der Waals surface area contributed by atoms with Gasteiger partial charge in [0, 0.05) is 23.2 Å². The Labute approximate surface area is 203 Å². The first-order valence-corrected chi connectivity index (χ1v) is 13.4. The molecule has 2 aromatic heterocycles. The minimum atomic E-state index is -1.14.